The molecule has 0 amide bonds. The maximum atomic E-state index is 12.6. The van der Waals surface area contributed by atoms with Crippen molar-refractivity contribution in [3.05, 3.63) is 45.2 Å². The zero-order valence-corrected chi connectivity index (χ0v) is 17.3. The fourth-order valence-electron chi connectivity index (χ4n) is 3.11. The quantitative estimate of drug-likeness (QED) is 0.730. The lowest BCUT2D eigenvalue weighted by Crippen LogP contribution is -2.43. The molecule has 0 spiro atoms. The molecule has 0 atom stereocenters. The van der Waals surface area contributed by atoms with Crippen molar-refractivity contribution in [2.45, 2.75) is 34.2 Å². The molecule has 2 aromatic rings. The summed E-state index contributed by atoms with van der Waals surface area (Å²) in [5.74, 6) is 0. The van der Waals surface area contributed by atoms with Crippen molar-refractivity contribution in [2.75, 3.05) is 33.2 Å². The Hall–Kier alpha value is -1.92. The van der Waals surface area contributed by atoms with Crippen LogP contribution in [0.5, 0.6) is 0 Å². The lowest BCUT2D eigenvalue weighted by molar-refractivity contribution is 0.264. The summed E-state index contributed by atoms with van der Waals surface area (Å²) in [6, 6.07) is 6.15. The first-order chi connectivity index (χ1) is 12.4. The molecule has 6 heteroatoms. The Morgan fingerprint density at radius 1 is 1.19 bits per heavy atom. The minimum atomic E-state index is -0.0436. The van der Waals surface area contributed by atoms with Crippen LogP contribution in [0.3, 0.4) is 0 Å². The molecule has 0 aliphatic carbocycles. The van der Waals surface area contributed by atoms with Crippen LogP contribution in [0.1, 0.15) is 30.5 Å². The van der Waals surface area contributed by atoms with Gasteiger partial charge in [-0.15, -0.1) is 0 Å². The zero-order chi connectivity index (χ0) is 19.3. The summed E-state index contributed by atoms with van der Waals surface area (Å²) in [6.45, 7) is 12.6. The summed E-state index contributed by atoms with van der Waals surface area (Å²) >= 11 is 5.46. The summed E-state index contributed by atoms with van der Waals surface area (Å²) in [6.07, 6.45) is 0. The molecule has 0 bridgehead atoms. The van der Waals surface area contributed by atoms with Crippen molar-refractivity contribution in [3.8, 4) is 0 Å². The van der Waals surface area contributed by atoms with Crippen LogP contribution >= 0.6 is 12.2 Å². The van der Waals surface area contributed by atoms with Gasteiger partial charge in [0.2, 0.25) is 0 Å². The van der Waals surface area contributed by atoms with Crippen molar-refractivity contribution >= 4 is 28.2 Å². The molecule has 1 aromatic carbocycles. The van der Waals surface area contributed by atoms with Gasteiger partial charge in [0.25, 0.3) is 5.56 Å². The highest BCUT2D eigenvalue weighted by atomic mass is 32.1. The Morgan fingerprint density at radius 3 is 2.50 bits per heavy atom. The molecule has 0 fully saturated rings. The number of H-pyrrole nitrogens is 1. The second-order valence-electron chi connectivity index (χ2n) is 6.60. The average Bonchev–Trinajstić information content (AvgIpc) is 2.65. The number of hydrogen-bond donors (Lipinski definition) is 2. The van der Waals surface area contributed by atoms with Gasteiger partial charge >= 0.3 is 0 Å². The molecule has 1 heterocycles. The number of hydrogen-bond acceptors (Lipinski definition) is 3. The van der Waals surface area contributed by atoms with E-state index in [-0.39, 0.29) is 5.56 Å². The van der Waals surface area contributed by atoms with Crippen LogP contribution in [-0.2, 0) is 6.54 Å². The van der Waals surface area contributed by atoms with Crippen molar-refractivity contribution in [1.29, 1.82) is 0 Å². The number of nitrogens with one attached hydrogen (secondary N) is 2. The molecular weight excluding hydrogens is 344 g/mol. The smallest absolute Gasteiger partial charge is 0.253 e. The number of aromatic amines is 1. The molecule has 0 aliphatic rings. The van der Waals surface area contributed by atoms with Gasteiger partial charge in [0.1, 0.15) is 0 Å². The van der Waals surface area contributed by atoms with E-state index in [1.807, 2.05) is 20.0 Å². The Balaban J connectivity index is 2.29. The molecule has 0 saturated heterocycles. The van der Waals surface area contributed by atoms with Gasteiger partial charge in [-0.05, 0) is 61.7 Å². The standard InChI is InChI=1S/C20H30N4OS/c1-6-23(7-2)10-11-24(20(26)21-5)13-17-12-16-9-8-14(3)15(4)18(16)22-19(17)25/h8-9,12H,6-7,10-11,13H2,1-5H3,(H,21,26)(H,22,25). The summed E-state index contributed by atoms with van der Waals surface area (Å²) in [7, 11) is 1.82. The summed E-state index contributed by atoms with van der Waals surface area (Å²) in [5.41, 5.74) is 3.91. The molecule has 0 unspecified atom stereocenters. The number of nitrogens with zero attached hydrogens (tertiary/aromatic N) is 2. The fraction of sp³-hybridized carbons (Fsp3) is 0.500. The topological polar surface area (TPSA) is 51.4 Å². The van der Waals surface area contributed by atoms with E-state index in [9.17, 15) is 4.79 Å². The van der Waals surface area contributed by atoms with Crippen molar-refractivity contribution in [2.24, 2.45) is 0 Å². The van der Waals surface area contributed by atoms with E-state index in [1.165, 1.54) is 5.56 Å². The lowest BCUT2D eigenvalue weighted by Gasteiger charge is -2.28. The molecule has 142 valence electrons. The highest BCUT2D eigenvalue weighted by molar-refractivity contribution is 7.80. The molecule has 0 aliphatic heterocycles. The average molecular weight is 375 g/mol. The summed E-state index contributed by atoms with van der Waals surface area (Å²) in [4.78, 5) is 20.1. The molecule has 5 nitrogen and oxygen atoms in total. The van der Waals surface area contributed by atoms with Crippen LogP contribution in [0, 0.1) is 13.8 Å². The van der Waals surface area contributed by atoms with E-state index >= 15 is 0 Å². The third-order valence-electron chi connectivity index (χ3n) is 5.07. The normalized spacial score (nSPS) is 11.2. The molecule has 2 rings (SSSR count). The summed E-state index contributed by atoms with van der Waals surface area (Å²) < 4.78 is 0. The van der Waals surface area contributed by atoms with E-state index in [2.05, 4.69) is 53.0 Å². The highest BCUT2D eigenvalue weighted by Gasteiger charge is 2.14. The van der Waals surface area contributed by atoms with E-state index in [0.29, 0.717) is 11.7 Å². The minimum Gasteiger partial charge on any atom is -0.366 e. The molecule has 0 radical (unpaired) electrons. The Morgan fingerprint density at radius 2 is 1.88 bits per heavy atom. The SMILES string of the molecule is CCN(CC)CCN(Cc1cc2ccc(C)c(C)c2[nH]c1=O)C(=S)NC. The third kappa shape index (κ3) is 4.62. The van der Waals surface area contributed by atoms with Crippen molar-refractivity contribution in [1.82, 2.24) is 20.1 Å². The number of benzene rings is 1. The number of rotatable bonds is 7. The van der Waals surface area contributed by atoms with Gasteiger partial charge in [-0.2, -0.15) is 0 Å². The van der Waals surface area contributed by atoms with Gasteiger partial charge in [-0.1, -0.05) is 26.0 Å². The molecular formula is C20H30N4OS. The van der Waals surface area contributed by atoms with Crippen LogP contribution in [-0.4, -0.2) is 53.1 Å². The maximum Gasteiger partial charge on any atom is 0.253 e. The Labute approximate surface area is 161 Å². The first-order valence-corrected chi connectivity index (χ1v) is 9.63. The Bertz CT molecular complexity index is 826. The molecule has 1 aromatic heterocycles. The molecule has 26 heavy (non-hydrogen) atoms. The van der Waals surface area contributed by atoms with E-state index in [0.717, 1.165) is 48.2 Å². The van der Waals surface area contributed by atoms with Gasteiger partial charge in [0.05, 0.1) is 12.1 Å². The maximum absolute atomic E-state index is 12.6. The second-order valence-corrected chi connectivity index (χ2v) is 6.99. The van der Waals surface area contributed by atoms with E-state index in [1.54, 1.807) is 0 Å². The third-order valence-corrected chi connectivity index (χ3v) is 5.53. The van der Waals surface area contributed by atoms with Gasteiger partial charge < -0.3 is 20.1 Å². The van der Waals surface area contributed by atoms with Crippen LogP contribution in [0.2, 0.25) is 0 Å². The van der Waals surface area contributed by atoms with Crippen LogP contribution in [0.4, 0.5) is 0 Å². The van der Waals surface area contributed by atoms with Crippen LogP contribution < -0.4 is 10.9 Å². The number of pyridine rings is 1. The fourth-order valence-corrected chi connectivity index (χ4v) is 3.26. The van der Waals surface area contributed by atoms with E-state index < -0.39 is 0 Å². The predicted molar refractivity (Wildman–Crippen MR) is 114 cm³/mol. The van der Waals surface area contributed by atoms with Crippen molar-refractivity contribution in [3.63, 3.8) is 0 Å². The van der Waals surface area contributed by atoms with Gasteiger partial charge in [0, 0.05) is 25.7 Å². The number of thiocarbonyl (C=S) groups is 1. The monoisotopic (exact) mass is 374 g/mol. The molecule has 2 N–H and O–H groups in total. The molecule has 0 saturated carbocycles. The minimum absolute atomic E-state index is 0.0436. The van der Waals surface area contributed by atoms with Gasteiger partial charge in [0.15, 0.2) is 5.11 Å². The summed E-state index contributed by atoms with van der Waals surface area (Å²) in [5, 5.41) is 4.77. The zero-order valence-electron chi connectivity index (χ0n) is 16.5. The second kappa shape index (κ2) is 9.14. The number of aryl methyl sites for hydroxylation is 2. The predicted octanol–water partition coefficient (Wildman–Crippen LogP) is 2.79. The van der Waals surface area contributed by atoms with Crippen LogP contribution in [0.15, 0.2) is 23.0 Å². The van der Waals surface area contributed by atoms with Crippen LogP contribution in [0.25, 0.3) is 10.9 Å². The Kier molecular flexibility index (Phi) is 7.17. The first-order valence-electron chi connectivity index (χ1n) is 9.22. The van der Waals surface area contributed by atoms with Gasteiger partial charge in [-0.3, -0.25) is 4.79 Å². The van der Waals surface area contributed by atoms with Crippen molar-refractivity contribution < 1.29 is 0 Å². The first kappa shape index (κ1) is 20.4. The number of fused-ring (bicyclic) bond motifs is 1. The van der Waals surface area contributed by atoms with Gasteiger partial charge in [-0.25, -0.2) is 0 Å². The highest BCUT2D eigenvalue weighted by Crippen LogP contribution is 2.19. The number of aromatic nitrogens is 1. The largest absolute Gasteiger partial charge is 0.366 e. The lowest BCUT2D eigenvalue weighted by atomic mass is 10.0. The number of likely N-dealkylation sites (N-methyl/N-ethyl adjacent to an activating group) is 1. The van der Waals surface area contributed by atoms with E-state index in [4.69, 9.17) is 12.2 Å².